The average Bonchev–Trinajstić information content (AvgIpc) is 2.47. The van der Waals surface area contributed by atoms with E-state index in [9.17, 15) is 0 Å². The van der Waals surface area contributed by atoms with Crippen LogP contribution in [0.2, 0.25) is 0 Å². The van der Waals surface area contributed by atoms with E-state index in [1.807, 2.05) is 18.2 Å². The van der Waals surface area contributed by atoms with Crippen LogP contribution in [0.3, 0.4) is 0 Å². The molecule has 2 N–H and O–H groups in total. The van der Waals surface area contributed by atoms with E-state index in [0.717, 1.165) is 17.1 Å². The number of hydrogen-bond donors (Lipinski definition) is 1. The van der Waals surface area contributed by atoms with E-state index in [0.29, 0.717) is 33.0 Å². The number of benzene rings is 1. The largest absolute Gasteiger partial charge is 0.486 e. The zero-order chi connectivity index (χ0) is 12.4. The highest BCUT2D eigenvalue weighted by atomic mass is 16.6. The highest BCUT2D eigenvalue weighted by molar-refractivity contribution is 5.44. The van der Waals surface area contributed by atoms with Gasteiger partial charge in [-0.25, -0.2) is 0 Å². The average molecular weight is 251 g/mol. The first kappa shape index (κ1) is 11.8. The van der Waals surface area contributed by atoms with Crippen molar-refractivity contribution >= 4 is 0 Å². The number of hydrogen-bond acceptors (Lipinski definition) is 5. The molecule has 2 heterocycles. The number of rotatable bonds is 2. The van der Waals surface area contributed by atoms with E-state index in [4.69, 9.17) is 24.7 Å². The summed E-state index contributed by atoms with van der Waals surface area (Å²) in [6, 6.07) is 5.57. The number of ether oxygens (including phenoxy) is 4. The van der Waals surface area contributed by atoms with E-state index < -0.39 is 0 Å². The lowest BCUT2D eigenvalue weighted by Crippen LogP contribution is -2.37. The van der Waals surface area contributed by atoms with Crippen LogP contribution >= 0.6 is 0 Å². The van der Waals surface area contributed by atoms with Crippen molar-refractivity contribution in [2.45, 2.75) is 12.1 Å². The van der Waals surface area contributed by atoms with E-state index in [-0.39, 0.29) is 12.1 Å². The summed E-state index contributed by atoms with van der Waals surface area (Å²) in [5.74, 6) is 1.53. The van der Waals surface area contributed by atoms with Crippen LogP contribution < -0.4 is 15.2 Å². The molecular formula is C13H17NO4. The van der Waals surface area contributed by atoms with E-state index >= 15 is 0 Å². The Balaban J connectivity index is 1.78. The van der Waals surface area contributed by atoms with Gasteiger partial charge in [-0.1, -0.05) is 6.07 Å². The molecule has 2 aliphatic rings. The maximum atomic E-state index is 6.20. The van der Waals surface area contributed by atoms with Gasteiger partial charge in [0.2, 0.25) is 0 Å². The molecule has 1 aromatic carbocycles. The molecular weight excluding hydrogens is 234 g/mol. The fraction of sp³-hybridized carbons (Fsp3) is 0.538. The molecule has 0 aliphatic carbocycles. The lowest BCUT2D eigenvalue weighted by Gasteiger charge is -2.29. The predicted molar refractivity (Wildman–Crippen MR) is 64.9 cm³/mol. The lowest BCUT2D eigenvalue weighted by molar-refractivity contribution is -0.0975. The molecule has 2 unspecified atom stereocenters. The molecule has 5 nitrogen and oxygen atoms in total. The second-order valence-corrected chi connectivity index (χ2v) is 4.41. The summed E-state index contributed by atoms with van der Waals surface area (Å²) in [5, 5.41) is 0. The van der Waals surface area contributed by atoms with Gasteiger partial charge >= 0.3 is 0 Å². The first-order valence-electron chi connectivity index (χ1n) is 6.19. The molecule has 0 radical (unpaired) electrons. The topological polar surface area (TPSA) is 62.9 Å². The van der Waals surface area contributed by atoms with Crippen LogP contribution in [0.25, 0.3) is 0 Å². The van der Waals surface area contributed by atoms with Crippen LogP contribution in [0.15, 0.2) is 18.2 Å². The molecule has 0 amide bonds. The van der Waals surface area contributed by atoms with Crippen LogP contribution in [0.5, 0.6) is 11.5 Å². The van der Waals surface area contributed by atoms with Crippen LogP contribution in [0, 0.1) is 0 Å². The lowest BCUT2D eigenvalue weighted by atomic mass is 10.0. The summed E-state index contributed by atoms with van der Waals surface area (Å²) >= 11 is 0. The zero-order valence-corrected chi connectivity index (χ0v) is 10.1. The summed E-state index contributed by atoms with van der Waals surface area (Å²) in [6.45, 7) is 2.95. The number of nitrogens with two attached hydrogens (primary N) is 1. The van der Waals surface area contributed by atoms with Crippen molar-refractivity contribution in [3.8, 4) is 11.5 Å². The normalized spacial score (nSPS) is 24.6. The third-order valence-electron chi connectivity index (χ3n) is 3.19. The predicted octanol–water partition coefficient (Wildman–Crippen LogP) is 0.873. The van der Waals surface area contributed by atoms with Crippen molar-refractivity contribution in [2.75, 3.05) is 33.0 Å². The minimum atomic E-state index is -0.207. The SMILES string of the molecule is NC(c1ccc2c(c1)OCCO2)C1COCCO1. The summed E-state index contributed by atoms with van der Waals surface area (Å²) in [5.41, 5.74) is 7.18. The third kappa shape index (κ3) is 2.29. The maximum absolute atomic E-state index is 6.20. The van der Waals surface area contributed by atoms with Gasteiger partial charge in [0.05, 0.1) is 25.9 Å². The molecule has 5 heteroatoms. The molecule has 18 heavy (non-hydrogen) atoms. The molecule has 2 aliphatic heterocycles. The summed E-state index contributed by atoms with van der Waals surface area (Å²) in [6.07, 6.45) is -0.0960. The Morgan fingerprint density at radius 1 is 1.06 bits per heavy atom. The quantitative estimate of drug-likeness (QED) is 0.845. The monoisotopic (exact) mass is 251 g/mol. The van der Waals surface area contributed by atoms with Gasteiger partial charge < -0.3 is 24.7 Å². The molecule has 3 rings (SSSR count). The van der Waals surface area contributed by atoms with Gasteiger partial charge in [-0.2, -0.15) is 0 Å². The second-order valence-electron chi connectivity index (χ2n) is 4.41. The molecule has 0 saturated carbocycles. The molecule has 0 aromatic heterocycles. The smallest absolute Gasteiger partial charge is 0.161 e. The molecule has 98 valence electrons. The van der Waals surface area contributed by atoms with E-state index in [1.165, 1.54) is 0 Å². The van der Waals surface area contributed by atoms with Gasteiger partial charge in [-0.15, -0.1) is 0 Å². The van der Waals surface area contributed by atoms with Crippen molar-refractivity contribution in [3.05, 3.63) is 23.8 Å². The second kappa shape index (κ2) is 5.14. The summed E-state index contributed by atoms with van der Waals surface area (Å²) < 4.78 is 22.0. The van der Waals surface area contributed by atoms with Crippen LogP contribution in [-0.2, 0) is 9.47 Å². The van der Waals surface area contributed by atoms with Gasteiger partial charge in [0.25, 0.3) is 0 Å². The first-order valence-corrected chi connectivity index (χ1v) is 6.19. The Labute approximate surface area is 106 Å². The highest BCUT2D eigenvalue weighted by Gasteiger charge is 2.24. The highest BCUT2D eigenvalue weighted by Crippen LogP contribution is 2.33. The molecule has 0 bridgehead atoms. The first-order chi connectivity index (χ1) is 8.84. The Bertz CT molecular complexity index is 417. The van der Waals surface area contributed by atoms with Crippen molar-refractivity contribution in [2.24, 2.45) is 5.73 Å². The molecule has 1 aromatic rings. The molecule has 1 fully saturated rings. The maximum Gasteiger partial charge on any atom is 0.161 e. The van der Waals surface area contributed by atoms with Crippen LogP contribution in [0.4, 0.5) is 0 Å². The van der Waals surface area contributed by atoms with Crippen molar-refractivity contribution < 1.29 is 18.9 Å². The molecule has 1 saturated heterocycles. The van der Waals surface area contributed by atoms with E-state index in [1.54, 1.807) is 0 Å². The number of fused-ring (bicyclic) bond motifs is 1. The molecule has 0 spiro atoms. The van der Waals surface area contributed by atoms with Crippen molar-refractivity contribution in [1.29, 1.82) is 0 Å². The van der Waals surface area contributed by atoms with Gasteiger partial charge in [0, 0.05) is 0 Å². The Hall–Kier alpha value is -1.30. The summed E-state index contributed by atoms with van der Waals surface area (Å²) in [7, 11) is 0. The van der Waals surface area contributed by atoms with Crippen molar-refractivity contribution in [3.63, 3.8) is 0 Å². The van der Waals surface area contributed by atoms with Gasteiger partial charge in [0.1, 0.15) is 19.3 Å². The molecule has 2 atom stereocenters. The Morgan fingerprint density at radius 3 is 2.67 bits per heavy atom. The summed E-state index contributed by atoms with van der Waals surface area (Å²) in [4.78, 5) is 0. The van der Waals surface area contributed by atoms with E-state index in [2.05, 4.69) is 0 Å². The fourth-order valence-corrected chi connectivity index (χ4v) is 2.20. The van der Waals surface area contributed by atoms with Crippen LogP contribution in [-0.4, -0.2) is 39.1 Å². The minimum Gasteiger partial charge on any atom is -0.486 e. The minimum absolute atomic E-state index is 0.0960. The zero-order valence-electron chi connectivity index (χ0n) is 10.1. The Morgan fingerprint density at radius 2 is 1.89 bits per heavy atom. The van der Waals surface area contributed by atoms with Gasteiger partial charge in [-0.05, 0) is 17.7 Å². The van der Waals surface area contributed by atoms with Gasteiger partial charge in [0.15, 0.2) is 11.5 Å². The standard InChI is InChI=1S/C13H17NO4/c14-13(12-8-15-3-4-18-12)9-1-2-10-11(7-9)17-6-5-16-10/h1-2,7,12-13H,3-6,8,14H2. The third-order valence-corrected chi connectivity index (χ3v) is 3.19. The Kier molecular flexibility index (Phi) is 3.36. The fourth-order valence-electron chi connectivity index (χ4n) is 2.20. The van der Waals surface area contributed by atoms with Crippen molar-refractivity contribution in [1.82, 2.24) is 0 Å². The van der Waals surface area contributed by atoms with Crippen LogP contribution in [0.1, 0.15) is 11.6 Å². The van der Waals surface area contributed by atoms with Gasteiger partial charge in [-0.3, -0.25) is 0 Å².